The fourth-order valence-corrected chi connectivity index (χ4v) is 1.66. The normalized spacial score (nSPS) is 25.8. The number of phenolic OH excluding ortho intramolecular Hbond substituents is 1. The summed E-state index contributed by atoms with van der Waals surface area (Å²) < 4.78 is 10.3. The van der Waals surface area contributed by atoms with E-state index in [0.29, 0.717) is 11.7 Å². The quantitative estimate of drug-likeness (QED) is 0.793. The van der Waals surface area contributed by atoms with Gasteiger partial charge in [-0.25, -0.2) is 0 Å². The maximum Gasteiger partial charge on any atom is 0.162 e. The van der Waals surface area contributed by atoms with Gasteiger partial charge in [0.1, 0.15) is 5.75 Å². The Kier molecular flexibility index (Phi) is 2.70. The average Bonchev–Trinajstić information content (AvgIpc) is 2.16. The van der Waals surface area contributed by atoms with E-state index in [2.05, 4.69) is 0 Å². The van der Waals surface area contributed by atoms with Crippen LogP contribution in [0.5, 0.6) is 5.75 Å². The first kappa shape index (κ1) is 9.49. The molecule has 0 radical (unpaired) electrons. The Hall–Kier alpha value is -1.06. The van der Waals surface area contributed by atoms with Crippen LogP contribution in [0.4, 0.5) is 0 Å². The topological polar surface area (TPSA) is 38.7 Å². The summed E-state index contributed by atoms with van der Waals surface area (Å²) in [4.78, 5) is 0. The van der Waals surface area contributed by atoms with Gasteiger partial charge >= 0.3 is 0 Å². The number of methoxy groups -OCH3 is 1. The highest BCUT2D eigenvalue weighted by atomic mass is 16.7. The zero-order valence-corrected chi connectivity index (χ0v) is 8.14. The monoisotopic (exact) mass is 194 g/mol. The second-order valence-electron chi connectivity index (χ2n) is 3.57. The van der Waals surface area contributed by atoms with Gasteiger partial charge in [-0.2, -0.15) is 0 Å². The summed E-state index contributed by atoms with van der Waals surface area (Å²) in [6.07, 6.45) is 0.891. The highest BCUT2D eigenvalue weighted by Gasteiger charge is 2.31. The summed E-state index contributed by atoms with van der Waals surface area (Å²) in [5.74, 6) is 0.756. The molecule has 0 aliphatic carbocycles. The standard InChI is InChI=1S/C11H14O3/c1-13-11-9(7-14-11)6-8-2-4-10(12)5-3-8/h2-5,9,11-12H,6-7H2,1H3. The number of aromatic hydroxyl groups is 1. The second-order valence-corrected chi connectivity index (χ2v) is 3.57. The maximum atomic E-state index is 9.11. The summed E-state index contributed by atoms with van der Waals surface area (Å²) in [6, 6.07) is 7.27. The van der Waals surface area contributed by atoms with Gasteiger partial charge in [0.05, 0.1) is 6.61 Å². The Bertz CT molecular complexity index is 292. The molecule has 76 valence electrons. The van der Waals surface area contributed by atoms with E-state index in [-0.39, 0.29) is 6.29 Å². The van der Waals surface area contributed by atoms with Gasteiger partial charge in [0.2, 0.25) is 0 Å². The third kappa shape index (κ3) is 1.89. The summed E-state index contributed by atoms with van der Waals surface area (Å²) in [5, 5.41) is 9.11. The highest BCUT2D eigenvalue weighted by molar-refractivity contribution is 5.26. The summed E-state index contributed by atoms with van der Waals surface area (Å²) in [6.45, 7) is 0.763. The van der Waals surface area contributed by atoms with Crippen LogP contribution < -0.4 is 0 Å². The minimum atomic E-state index is -0.0520. The second kappa shape index (κ2) is 3.98. The molecule has 1 saturated heterocycles. The van der Waals surface area contributed by atoms with Crippen LogP contribution in [0.2, 0.25) is 0 Å². The van der Waals surface area contributed by atoms with Crippen LogP contribution >= 0.6 is 0 Å². The molecule has 2 unspecified atom stereocenters. The number of hydrogen-bond acceptors (Lipinski definition) is 3. The van der Waals surface area contributed by atoms with E-state index in [1.165, 1.54) is 5.56 Å². The molecule has 1 aromatic carbocycles. The zero-order chi connectivity index (χ0) is 9.97. The van der Waals surface area contributed by atoms with Crippen molar-refractivity contribution in [2.45, 2.75) is 12.7 Å². The first-order chi connectivity index (χ1) is 6.79. The molecular weight excluding hydrogens is 180 g/mol. The van der Waals surface area contributed by atoms with Crippen LogP contribution in [-0.4, -0.2) is 25.1 Å². The Morgan fingerprint density at radius 3 is 2.64 bits per heavy atom. The molecule has 0 spiro atoms. The third-order valence-electron chi connectivity index (χ3n) is 2.53. The minimum Gasteiger partial charge on any atom is -0.508 e. The maximum absolute atomic E-state index is 9.11. The molecule has 2 rings (SSSR count). The van der Waals surface area contributed by atoms with Gasteiger partial charge in [0, 0.05) is 13.0 Å². The summed E-state index contributed by atoms with van der Waals surface area (Å²) >= 11 is 0. The fourth-order valence-electron chi connectivity index (χ4n) is 1.66. The predicted molar refractivity (Wildman–Crippen MR) is 52.0 cm³/mol. The lowest BCUT2D eigenvalue weighted by Gasteiger charge is -2.35. The fraction of sp³-hybridized carbons (Fsp3) is 0.455. The van der Waals surface area contributed by atoms with Crippen LogP contribution in [0.15, 0.2) is 24.3 Å². The molecule has 1 N–H and O–H groups in total. The Balaban J connectivity index is 1.94. The SMILES string of the molecule is COC1OCC1Cc1ccc(O)cc1. The number of benzene rings is 1. The lowest BCUT2D eigenvalue weighted by Crippen LogP contribution is -2.42. The molecule has 1 fully saturated rings. The van der Waals surface area contributed by atoms with Crippen LogP contribution in [0.3, 0.4) is 0 Å². The zero-order valence-electron chi connectivity index (χ0n) is 8.14. The Morgan fingerprint density at radius 1 is 1.43 bits per heavy atom. The minimum absolute atomic E-state index is 0.0520. The van der Waals surface area contributed by atoms with Crippen molar-refractivity contribution in [1.29, 1.82) is 0 Å². The molecule has 0 amide bonds. The van der Waals surface area contributed by atoms with Crippen molar-refractivity contribution >= 4 is 0 Å². The number of hydrogen-bond donors (Lipinski definition) is 1. The van der Waals surface area contributed by atoms with Gasteiger partial charge in [-0.05, 0) is 24.1 Å². The van der Waals surface area contributed by atoms with Crippen LogP contribution in [0.25, 0.3) is 0 Å². The largest absolute Gasteiger partial charge is 0.508 e. The molecule has 0 bridgehead atoms. The number of rotatable bonds is 3. The molecule has 14 heavy (non-hydrogen) atoms. The lowest BCUT2D eigenvalue weighted by atomic mass is 9.96. The first-order valence-corrected chi connectivity index (χ1v) is 4.72. The van der Waals surface area contributed by atoms with Crippen molar-refractivity contribution in [2.24, 2.45) is 5.92 Å². The van der Waals surface area contributed by atoms with Crippen LogP contribution in [-0.2, 0) is 15.9 Å². The van der Waals surface area contributed by atoms with Gasteiger partial charge in [0.15, 0.2) is 6.29 Å². The van der Waals surface area contributed by atoms with Gasteiger partial charge in [-0.3, -0.25) is 0 Å². The molecule has 3 heteroatoms. The molecule has 1 aliphatic rings. The van der Waals surface area contributed by atoms with Crippen LogP contribution in [0, 0.1) is 5.92 Å². The van der Waals surface area contributed by atoms with E-state index in [1.807, 2.05) is 12.1 Å². The lowest BCUT2D eigenvalue weighted by molar-refractivity contribution is -0.246. The average molecular weight is 194 g/mol. The van der Waals surface area contributed by atoms with Crippen LogP contribution in [0.1, 0.15) is 5.56 Å². The van der Waals surface area contributed by atoms with E-state index < -0.39 is 0 Å². The molecule has 0 saturated carbocycles. The molecular formula is C11H14O3. The Morgan fingerprint density at radius 2 is 2.14 bits per heavy atom. The van der Waals surface area contributed by atoms with Crippen molar-refractivity contribution in [3.05, 3.63) is 29.8 Å². The Labute approximate surface area is 83.3 Å². The van der Waals surface area contributed by atoms with Gasteiger partial charge < -0.3 is 14.6 Å². The van der Waals surface area contributed by atoms with Crippen molar-refractivity contribution in [3.63, 3.8) is 0 Å². The summed E-state index contributed by atoms with van der Waals surface area (Å²) in [7, 11) is 1.66. The molecule has 1 heterocycles. The van der Waals surface area contributed by atoms with E-state index in [9.17, 15) is 0 Å². The third-order valence-corrected chi connectivity index (χ3v) is 2.53. The van der Waals surface area contributed by atoms with E-state index >= 15 is 0 Å². The molecule has 0 aromatic heterocycles. The highest BCUT2D eigenvalue weighted by Crippen LogP contribution is 2.25. The van der Waals surface area contributed by atoms with Gasteiger partial charge in [0.25, 0.3) is 0 Å². The number of phenols is 1. The molecule has 2 atom stereocenters. The number of ether oxygens (including phenoxy) is 2. The van der Waals surface area contributed by atoms with E-state index in [4.69, 9.17) is 14.6 Å². The molecule has 1 aliphatic heterocycles. The molecule has 3 nitrogen and oxygen atoms in total. The predicted octanol–water partition coefficient (Wildman–Crippen LogP) is 1.55. The van der Waals surface area contributed by atoms with Gasteiger partial charge in [-0.1, -0.05) is 12.1 Å². The van der Waals surface area contributed by atoms with E-state index in [0.717, 1.165) is 13.0 Å². The summed E-state index contributed by atoms with van der Waals surface area (Å²) in [5.41, 5.74) is 1.21. The van der Waals surface area contributed by atoms with Crippen molar-refractivity contribution in [2.75, 3.05) is 13.7 Å². The molecule has 1 aromatic rings. The van der Waals surface area contributed by atoms with Gasteiger partial charge in [-0.15, -0.1) is 0 Å². The first-order valence-electron chi connectivity index (χ1n) is 4.72. The van der Waals surface area contributed by atoms with Crippen molar-refractivity contribution in [3.8, 4) is 5.75 Å². The smallest absolute Gasteiger partial charge is 0.162 e. The van der Waals surface area contributed by atoms with Crippen molar-refractivity contribution < 1.29 is 14.6 Å². The van der Waals surface area contributed by atoms with E-state index in [1.54, 1.807) is 19.2 Å². The van der Waals surface area contributed by atoms with Crippen molar-refractivity contribution in [1.82, 2.24) is 0 Å².